The first kappa shape index (κ1) is 20.4. The second-order valence-electron chi connectivity index (χ2n) is 7.92. The lowest BCUT2D eigenvalue weighted by Crippen LogP contribution is -2.54. The lowest BCUT2D eigenvalue weighted by atomic mass is 9.99. The second kappa shape index (κ2) is 9.28. The van der Waals surface area contributed by atoms with Crippen LogP contribution in [0.3, 0.4) is 0 Å². The lowest BCUT2D eigenvalue weighted by Gasteiger charge is -2.36. The van der Waals surface area contributed by atoms with E-state index in [1.807, 2.05) is 36.1 Å². The molecule has 0 aromatic heterocycles. The molecule has 2 amide bonds. The SMILES string of the molecule is Cc1ccc(NC(=O)N2CCOCC2CNC(C)c2cccc3ccccc23)cc1. The van der Waals surface area contributed by atoms with Gasteiger partial charge in [0.05, 0.1) is 19.3 Å². The molecule has 1 aliphatic rings. The summed E-state index contributed by atoms with van der Waals surface area (Å²) in [6.45, 7) is 6.57. The van der Waals surface area contributed by atoms with E-state index in [1.54, 1.807) is 0 Å². The minimum atomic E-state index is -0.0771. The molecule has 5 nitrogen and oxygen atoms in total. The number of benzene rings is 3. The number of rotatable bonds is 5. The van der Waals surface area contributed by atoms with Crippen molar-refractivity contribution in [1.82, 2.24) is 10.2 Å². The van der Waals surface area contributed by atoms with Gasteiger partial charge in [0.2, 0.25) is 0 Å². The van der Waals surface area contributed by atoms with Crippen LogP contribution in [0.1, 0.15) is 24.1 Å². The summed E-state index contributed by atoms with van der Waals surface area (Å²) in [4.78, 5) is 14.8. The molecule has 1 saturated heterocycles. The quantitative estimate of drug-likeness (QED) is 0.647. The van der Waals surface area contributed by atoms with Crippen molar-refractivity contribution in [2.75, 3.05) is 31.6 Å². The number of carbonyl (C=O) groups is 1. The summed E-state index contributed by atoms with van der Waals surface area (Å²) >= 11 is 0. The number of ether oxygens (including phenoxy) is 1. The Kier molecular flexibility index (Phi) is 6.31. The summed E-state index contributed by atoms with van der Waals surface area (Å²) in [6, 6.07) is 22.8. The Morgan fingerprint density at radius 1 is 1.10 bits per heavy atom. The highest BCUT2D eigenvalue weighted by atomic mass is 16.5. The monoisotopic (exact) mass is 403 g/mol. The lowest BCUT2D eigenvalue weighted by molar-refractivity contribution is 0.0151. The summed E-state index contributed by atoms with van der Waals surface area (Å²) in [6.07, 6.45) is 0. The fraction of sp³-hybridized carbons (Fsp3) is 0.320. The van der Waals surface area contributed by atoms with Crippen LogP contribution in [-0.4, -0.2) is 43.3 Å². The van der Waals surface area contributed by atoms with Gasteiger partial charge in [0.25, 0.3) is 0 Å². The largest absolute Gasteiger partial charge is 0.377 e. The van der Waals surface area contributed by atoms with Crippen LogP contribution < -0.4 is 10.6 Å². The number of urea groups is 1. The number of nitrogens with one attached hydrogen (secondary N) is 2. The molecule has 3 aromatic carbocycles. The van der Waals surface area contributed by atoms with Crippen LogP contribution >= 0.6 is 0 Å². The molecular weight excluding hydrogens is 374 g/mol. The minimum Gasteiger partial charge on any atom is -0.377 e. The van der Waals surface area contributed by atoms with Gasteiger partial charge in [-0.2, -0.15) is 0 Å². The standard InChI is InChI=1S/C25H29N3O2/c1-18-10-12-21(13-11-18)27-25(29)28-14-15-30-17-22(28)16-26-19(2)23-9-5-7-20-6-3-4-8-24(20)23/h3-13,19,22,26H,14-17H2,1-2H3,(H,27,29). The smallest absolute Gasteiger partial charge is 0.322 e. The van der Waals surface area contributed by atoms with E-state index >= 15 is 0 Å². The summed E-state index contributed by atoms with van der Waals surface area (Å²) in [7, 11) is 0. The first-order valence-electron chi connectivity index (χ1n) is 10.5. The van der Waals surface area contributed by atoms with E-state index in [1.165, 1.54) is 21.9 Å². The van der Waals surface area contributed by atoms with Crippen molar-refractivity contribution < 1.29 is 9.53 Å². The maximum Gasteiger partial charge on any atom is 0.322 e. The Hall–Kier alpha value is -2.89. The molecule has 0 saturated carbocycles. The van der Waals surface area contributed by atoms with Crippen molar-refractivity contribution in [3.63, 3.8) is 0 Å². The highest BCUT2D eigenvalue weighted by Gasteiger charge is 2.27. The molecule has 1 fully saturated rings. The van der Waals surface area contributed by atoms with Gasteiger partial charge in [-0.25, -0.2) is 4.79 Å². The summed E-state index contributed by atoms with van der Waals surface area (Å²) in [5.74, 6) is 0. The van der Waals surface area contributed by atoms with E-state index < -0.39 is 0 Å². The first-order valence-corrected chi connectivity index (χ1v) is 10.5. The van der Waals surface area contributed by atoms with Crippen molar-refractivity contribution in [3.8, 4) is 0 Å². The second-order valence-corrected chi connectivity index (χ2v) is 7.92. The van der Waals surface area contributed by atoms with Gasteiger partial charge in [0, 0.05) is 24.8 Å². The fourth-order valence-electron chi connectivity index (χ4n) is 3.97. The molecule has 30 heavy (non-hydrogen) atoms. The van der Waals surface area contributed by atoms with E-state index in [-0.39, 0.29) is 18.1 Å². The average Bonchev–Trinajstić information content (AvgIpc) is 2.78. The zero-order valence-corrected chi connectivity index (χ0v) is 17.6. The molecular formula is C25H29N3O2. The van der Waals surface area contributed by atoms with E-state index in [0.29, 0.717) is 26.3 Å². The van der Waals surface area contributed by atoms with Crippen molar-refractivity contribution in [2.45, 2.75) is 25.9 Å². The van der Waals surface area contributed by atoms with E-state index in [9.17, 15) is 4.79 Å². The van der Waals surface area contributed by atoms with Crippen LogP contribution in [0.25, 0.3) is 10.8 Å². The Morgan fingerprint density at radius 2 is 1.87 bits per heavy atom. The maximum atomic E-state index is 12.9. The van der Waals surface area contributed by atoms with Crippen LogP contribution in [0.5, 0.6) is 0 Å². The Bertz CT molecular complexity index is 997. The molecule has 5 heteroatoms. The molecule has 2 atom stereocenters. The van der Waals surface area contributed by atoms with Crippen LogP contribution in [0, 0.1) is 6.92 Å². The van der Waals surface area contributed by atoms with Crippen molar-refractivity contribution in [2.24, 2.45) is 0 Å². The predicted octanol–water partition coefficient (Wildman–Crippen LogP) is 4.73. The minimum absolute atomic E-state index is 0.0124. The third-order valence-electron chi connectivity index (χ3n) is 5.74. The van der Waals surface area contributed by atoms with Gasteiger partial charge in [-0.15, -0.1) is 0 Å². The summed E-state index contributed by atoms with van der Waals surface area (Å²) in [5.41, 5.74) is 3.25. The predicted molar refractivity (Wildman–Crippen MR) is 122 cm³/mol. The van der Waals surface area contributed by atoms with Gasteiger partial charge in [-0.1, -0.05) is 60.2 Å². The van der Waals surface area contributed by atoms with E-state index in [0.717, 1.165) is 5.69 Å². The number of hydrogen-bond donors (Lipinski definition) is 2. The molecule has 0 radical (unpaired) electrons. The number of hydrogen-bond acceptors (Lipinski definition) is 3. The number of fused-ring (bicyclic) bond motifs is 1. The van der Waals surface area contributed by atoms with E-state index in [4.69, 9.17) is 4.74 Å². The van der Waals surface area contributed by atoms with Crippen LogP contribution in [-0.2, 0) is 4.74 Å². The Balaban J connectivity index is 1.41. The van der Waals surface area contributed by atoms with Crippen molar-refractivity contribution in [1.29, 1.82) is 0 Å². The molecule has 2 N–H and O–H groups in total. The van der Waals surface area contributed by atoms with Gasteiger partial charge < -0.3 is 20.3 Å². The van der Waals surface area contributed by atoms with Gasteiger partial charge in [-0.05, 0) is 42.3 Å². The van der Waals surface area contributed by atoms with Crippen LogP contribution in [0.15, 0.2) is 66.7 Å². The zero-order chi connectivity index (χ0) is 20.9. The molecule has 1 aliphatic heterocycles. The normalized spacial score (nSPS) is 17.7. The third kappa shape index (κ3) is 4.64. The highest BCUT2D eigenvalue weighted by Crippen LogP contribution is 2.24. The Morgan fingerprint density at radius 3 is 2.70 bits per heavy atom. The third-order valence-corrected chi connectivity index (χ3v) is 5.74. The van der Waals surface area contributed by atoms with Gasteiger partial charge in [0.15, 0.2) is 0 Å². The molecule has 0 spiro atoms. The van der Waals surface area contributed by atoms with E-state index in [2.05, 4.69) is 60.0 Å². The molecule has 3 aromatic rings. The first-order chi connectivity index (χ1) is 14.6. The number of aryl methyl sites for hydroxylation is 1. The topological polar surface area (TPSA) is 53.6 Å². The molecule has 4 rings (SSSR count). The summed E-state index contributed by atoms with van der Waals surface area (Å²) in [5, 5.41) is 9.13. The number of anilines is 1. The number of carbonyl (C=O) groups excluding carboxylic acids is 1. The molecule has 2 unspecified atom stereocenters. The molecule has 0 aliphatic carbocycles. The fourth-order valence-corrected chi connectivity index (χ4v) is 3.97. The van der Waals surface area contributed by atoms with Gasteiger partial charge in [-0.3, -0.25) is 0 Å². The van der Waals surface area contributed by atoms with Gasteiger partial charge in [0.1, 0.15) is 0 Å². The molecule has 1 heterocycles. The van der Waals surface area contributed by atoms with Crippen LogP contribution in [0.4, 0.5) is 10.5 Å². The zero-order valence-electron chi connectivity index (χ0n) is 17.6. The van der Waals surface area contributed by atoms with Gasteiger partial charge >= 0.3 is 6.03 Å². The number of morpholine rings is 1. The Labute approximate surface area is 178 Å². The van der Waals surface area contributed by atoms with Crippen LogP contribution in [0.2, 0.25) is 0 Å². The summed E-state index contributed by atoms with van der Waals surface area (Å²) < 4.78 is 5.68. The number of nitrogens with zero attached hydrogens (tertiary/aromatic N) is 1. The molecule has 0 bridgehead atoms. The average molecular weight is 404 g/mol. The highest BCUT2D eigenvalue weighted by molar-refractivity contribution is 5.89. The van der Waals surface area contributed by atoms with Crippen molar-refractivity contribution in [3.05, 3.63) is 77.9 Å². The number of amides is 2. The molecule has 156 valence electrons. The maximum absolute atomic E-state index is 12.9. The van der Waals surface area contributed by atoms with Crippen molar-refractivity contribution >= 4 is 22.5 Å².